The van der Waals surface area contributed by atoms with E-state index < -0.39 is 22.8 Å². The zero-order valence-electron chi connectivity index (χ0n) is 8.53. The second-order valence-electron chi connectivity index (χ2n) is 4.10. The predicted molar refractivity (Wildman–Crippen MR) is 52.1 cm³/mol. The molecular weight excluding hydrogens is 206 g/mol. The van der Waals surface area contributed by atoms with E-state index in [9.17, 15) is 9.00 Å². The molecule has 2 atom stereocenters. The van der Waals surface area contributed by atoms with Crippen molar-refractivity contribution < 1.29 is 17.9 Å². The Bertz CT molecular complexity index is 248. The highest BCUT2D eigenvalue weighted by molar-refractivity contribution is 7.80. The van der Waals surface area contributed by atoms with Gasteiger partial charge in [-0.1, -0.05) is 0 Å². The molecule has 0 aliphatic carbocycles. The van der Waals surface area contributed by atoms with Crippen LogP contribution < -0.4 is 5.32 Å². The van der Waals surface area contributed by atoms with Gasteiger partial charge in [-0.15, -0.1) is 0 Å². The first-order chi connectivity index (χ1) is 6.37. The number of carbonyl (C=O) groups excluding carboxylic acids is 1. The van der Waals surface area contributed by atoms with Crippen molar-refractivity contribution in [1.29, 1.82) is 0 Å². The van der Waals surface area contributed by atoms with E-state index in [2.05, 4.69) is 5.32 Å². The van der Waals surface area contributed by atoms with E-state index in [4.69, 9.17) is 8.92 Å². The van der Waals surface area contributed by atoms with E-state index in [0.29, 0.717) is 5.75 Å². The van der Waals surface area contributed by atoms with Gasteiger partial charge in [-0.25, -0.2) is 9.00 Å². The maximum absolute atomic E-state index is 11.2. The Hall–Kier alpha value is -0.620. The quantitative estimate of drug-likeness (QED) is 0.703. The van der Waals surface area contributed by atoms with Gasteiger partial charge >= 0.3 is 6.09 Å². The minimum Gasteiger partial charge on any atom is -0.444 e. The van der Waals surface area contributed by atoms with Gasteiger partial charge in [0.1, 0.15) is 5.60 Å². The lowest BCUT2D eigenvalue weighted by Crippen LogP contribution is -2.40. The van der Waals surface area contributed by atoms with Crippen LogP contribution in [0.2, 0.25) is 0 Å². The van der Waals surface area contributed by atoms with Crippen molar-refractivity contribution in [1.82, 2.24) is 5.32 Å². The summed E-state index contributed by atoms with van der Waals surface area (Å²) in [4.78, 5) is 11.2. The molecule has 0 radical (unpaired) electrons. The molecular formula is C8H15NO4S. The van der Waals surface area contributed by atoms with E-state index in [0.717, 1.165) is 0 Å². The molecule has 14 heavy (non-hydrogen) atoms. The maximum Gasteiger partial charge on any atom is 0.407 e. The molecule has 1 saturated heterocycles. The zero-order valence-corrected chi connectivity index (χ0v) is 9.35. The third-order valence-electron chi connectivity index (χ3n) is 1.46. The number of rotatable bonds is 1. The van der Waals surface area contributed by atoms with Crippen molar-refractivity contribution in [3.8, 4) is 0 Å². The van der Waals surface area contributed by atoms with Gasteiger partial charge in [0.05, 0.1) is 18.4 Å². The molecule has 0 bridgehead atoms. The first-order valence-electron chi connectivity index (χ1n) is 4.38. The van der Waals surface area contributed by atoms with Crippen molar-refractivity contribution >= 4 is 17.2 Å². The zero-order chi connectivity index (χ0) is 10.8. The molecule has 1 aliphatic rings. The van der Waals surface area contributed by atoms with Crippen LogP contribution in [0.4, 0.5) is 4.79 Å². The van der Waals surface area contributed by atoms with E-state index in [1.54, 1.807) is 20.8 Å². The summed E-state index contributed by atoms with van der Waals surface area (Å²) < 4.78 is 20.6. The number of ether oxygens (including phenoxy) is 1. The van der Waals surface area contributed by atoms with Gasteiger partial charge in [0, 0.05) is 0 Å². The van der Waals surface area contributed by atoms with Gasteiger partial charge in [-0.3, -0.25) is 4.18 Å². The van der Waals surface area contributed by atoms with E-state index >= 15 is 0 Å². The third-order valence-corrected chi connectivity index (χ3v) is 2.53. The molecule has 0 aromatic heterocycles. The van der Waals surface area contributed by atoms with Crippen LogP contribution >= 0.6 is 0 Å². The van der Waals surface area contributed by atoms with Crippen LogP contribution in [0.15, 0.2) is 0 Å². The van der Waals surface area contributed by atoms with Crippen molar-refractivity contribution in [2.45, 2.75) is 32.4 Å². The minimum absolute atomic E-state index is 0.203. The number of nitrogens with one attached hydrogen (secondary N) is 1. The van der Waals surface area contributed by atoms with Crippen LogP contribution in [0.1, 0.15) is 20.8 Å². The Balaban J connectivity index is 2.31. The standard InChI is InChI=1S/C8H15NO4S/c1-8(2,3)13-7(10)9-6-4-12-14(11)5-6/h6H,4-5H2,1-3H3,(H,9,10)/t6-,14-/m0/s1. The molecule has 0 aromatic rings. The Morgan fingerprint density at radius 1 is 1.57 bits per heavy atom. The number of carbonyl (C=O) groups is 1. The lowest BCUT2D eigenvalue weighted by atomic mass is 10.2. The second-order valence-corrected chi connectivity index (χ2v) is 5.27. The summed E-state index contributed by atoms with van der Waals surface area (Å²) in [7, 11) is 0. The van der Waals surface area contributed by atoms with Crippen LogP contribution in [0.25, 0.3) is 0 Å². The normalized spacial score (nSPS) is 27.4. The summed E-state index contributed by atoms with van der Waals surface area (Å²) >= 11 is -1.26. The highest BCUT2D eigenvalue weighted by Crippen LogP contribution is 2.08. The summed E-state index contributed by atoms with van der Waals surface area (Å²) in [5.41, 5.74) is -0.511. The van der Waals surface area contributed by atoms with Gasteiger partial charge in [-0.05, 0) is 20.8 Å². The largest absolute Gasteiger partial charge is 0.444 e. The van der Waals surface area contributed by atoms with Crippen molar-refractivity contribution in [3.63, 3.8) is 0 Å². The van der Waals surface area contributed by atoms with E-state index in [1.807, 2.05) is 0 Å². The van der Waals surface area contributed by atoms with Crippen LogP contribution in [0.5, 0.6) is 0 Å². The molecule has 0 unspecified atom stereocenters. The molecule has 0 aromatic carbocycles. The topological polar surface area (TPSA) is 64.6 Å². The molecule has 1 N–H and O–H groups in total. The van der Waals surface area contributed by atoms with Crippen molar-refractivity contribution in [2.24, 2.45) is 0 Å². The van der Waals surface area contributed by atoms with E-state index in [-0.39, 0.29) is 12.6 Å². The average molecular weight is 221 g/mol. The molecule has 1 rings (SSSR count). The lowest BCUT2D eigenvalue weighted by molar-refractivity contribution is 0.0503. The molecule has 5 nitrogen and oxygen atoms in total. The Morgan fingerprint density at radius 3 is 2.64 bits per heavy atom. The molecule has 6 heteroatoms. The molecule has 82 valence electrons. The minimum atomic E-state index is -1.26. The SMILES string of the molecule is CC(C)(C)OC(=O)N[C@H]1CO[S@](=O)C1. The number of hydrogen-bond donors (Lipinski definition) is 1. The predicted octanol–water partition coefficient (Wildman–Crippen LogP) is 0.574. The summed E-state index contributed by atoms with van der Waals surface area (Å²) in [6.45, 7) is 5.65. The van der Waals surface area contributed by atoms with Crippen LogP contribution in [0, 0.1) is 0 Å². The fourth-order valence-electron chi connectivity index (χ4n) is 0.976. The molecule has 1 fully saturated rings. The highest BCUT2D eigenvalue weighted by Gasteiger charge is 2.26. The van der Waals surface area contributed by atoms with Crippen LogP contribution in [0.3, 0.4) is 0 Å². The van der Waals surface area contributed by atoms with Crippen molar-refractivity contribution in [2.75, 3.05) is 12.4 Å². The molecule has 1 amide bonds. The van der Waals surface area contributed by atoms with Gasteiger partial charge in [0.25, 0.3) is 0 Å². The van der Waals surface area contributed by atoms with Gasteiger partial charge in [-0.2, -0.15) is 0 Å². The summed E-state index contributed by atoms with van der Waals surface area (Å²) in [6, 6.07) is -0.203. The van der Waals surface area contributed by atoms with Gasteiger partial charge in [0.2, 0.25) is 0 Å². The fraction of sp³-hybridized carbons (Fsp3) is 0.875. The monoisotopic (exact) mass is 221 g/mol. The number of hydrogen-bond acceptors (Lipinski definition) is 4. The Morgan fingerprint density at radius 2 is 2.21 bits per heavy atom. The fourth-order valence-corrected chi connectivity index (χ4v) is 1.90. The molecule has 1 heterocycles. The lowest BCUT2D eigenvalue weighted by Gasteiger charge is -2.20. The summed E-state index contributed by atoms with van der Waals surface area (Å²) in [6.07, 6.45) is -0.495. The maximum atomic E-state index is 11.2. The van der Waals surface area contributed by atoms with Crippen LogP contribution in [-0.4, -0.2) is 34.3 Å². The molecule has 0 spiro atoms. The first kappa shape index (κ1) is 11.5. The Labute approximate surface area is 85.8 Å². The summed E-state index contributed by atoms with van der Waals surface area (Å²) in [5.74, 6) is 0.333. The average Bonchev–Trinajstić information content (AvgIpc) is 2.30. The Kier molecular flexibility index (Phi) is 3.49. The van der Waals surface area contributed by atoms with Gasteiger partial charge < -0.3 is 10.1 Å². The smallest absolute Gasteiger partial charge is 0.407 e. The third kappa shape index (κ3) is 4.06. The number of amides is 1. The van der Waals surface area contributed by atoms with Crippen molar-refractivity contribution in [3.05, 3.63) is 0 Å². The second kappa shape index (κ2) is 4.27. The van der Waals surface area contributed by atoms with E-state index in [1.165, 1.54) is 0 Å². The summed E-state index contributed by atoms with van der Waals surface area (Å²) in [5, 5.41) is 2.59. The number of alkyl carbamates (subject to hydrolysis) is 1. The molecule has 0 saturated carbocycles. The van der Waals surface area contributed by atoms with Crippen LogP contribution in [-0.2, 0) is 20.0 Å². The van der Waals surface area contributed by atoms with Gasteiger partial charge in [0.15, 0.2) is 11.1 Å². The first-order valence-corrected chi connectivity index (χ1v) is 5.62. The highest BCUT2D eigenvalue weighted by atomic mass is 32.2. The molecule has 1 aliphatic heterocycles.